The number of nitrogens with one attached hydrogen (secondary N) is 1. The lowest BCUT2D eigenvalue weighted by Crippen LogP contribution is -2.34. The summed E-state index contributed by atoms with van der Waals surface area (Å²) in [6.45, 7) is 45.6. The van der Waals surface area contributed by atoms with Crippen molar-refractivity contribution in [2.45, 2.75) is 521 Å². The summed E-state index contributed by atoms with van der Waals surface area (Å²) in [5, 5.41) is 20.2. The van der Waals surface area contributed by atoms with Crippen molar-refractivity contribution in [3.05, 3.63) is 0 Å². The van der Waals surface area contributed by atoms with Crippen LogP contribution in [0.5, 0.6) is 0 Å². The Morgan fingerprint density at radius 3 is 0.804 bits per heavy atom. The molecular weight excluding hydrogens is 1450 g/mol. The molecule has 0 aliphatic rings. The van der Waals surface area contributed by atoms with E-state index in [1.807, 2.05) is 6.92 Å². The van der Waals surface area contributed by atoms with E-state index >= 15 is 0 Å². The van der Waals surface area contributed by atoms with Gasteiger partial charge in [-0.15, -0.1) is 0 Å². The monoisotopic (exact) mass is 1650 g/mol. The van der Waals surface area contributed by atoms with Crippen LogP contribution in [0.4, 0.5) is 0 Å². The molecule has 0 rings (SSSR count). The Balaban J connectivity index is -0.000000348. The summed E-state index contributed by atoms with van der Waals surface area (Å²) < 4.78 is 28.0. The van der Waals surface area contributed by atoms with Gasteiger partial charge in [-0.2, -0.15) is 0 Å². The Morgan fingerprint density at radius 2 is 0.589 bits per heavy atom. The van der Waals surface area contributed by atoms with Gasteiger partial charge in [-0.25, -0.2) is 9.65 Å². The van der Waals surface area contributed by atoms with Gasteiger partial charge in [0.2, 0.25) is 0 Å². The molecule has 8 unspecified atom stereocenters. The van der Waals surface area contributed by atoms with Crippen molar-refractivity contribution >= 4 is 47.7 Å². The number of aliphatic hydroxyl groups is 2. The summed E-state index contributed by atoms with van der Waals surface area (Å²) in [7, 11) is -3.49. The second-order valence-electron chi connectivity index (χ2n) is 33.4. The topological polar surface area (TPSA) is 172 Å². The minimum absolute atomic E-state index is 0.0853. The number of hydrogen-bond donors (Lipinski definition) is 4. The Hall–Kier alpha value is -0.500. The van der Waals surface area contributed by atoms with Crippen molar-refractivity contribution in [1.82, 2.24) is 14.9 Å². The number of hydrogen-bond acceptors (Lipinski definition) is 11. The maximum absolute atomic E-state index is 14.7. The molecule has 0 saturated heterocycles. The van der Waals surface area contributed by atoms with Gasteiger partial charge in [0.1, 0.15) is 6.29 Å². The van der Waals surface area contributed by atoms with Crippen LogP contribution in [0.25, 0.3) is 0 Å². The number of aliphatic hydroxyl groups excluding tert-OH is 2. The van der Waals surface area contributed by atoms with E-state index in [9.17, 15) is 29.2 Å². The third kappa shape index (κ3) is 93.4. The fraction of sp³-hybridized carbons (Fsp3) is 0.969. The zero-order valence-corrected chi connectivity index (χ0v) is 80.9. The van der Waals surface area contributed by atoms with E-state index in [0.717, 1.165) is 84.3 Å². The zero-order valence-electron chi connectivity index (χ0n) is 78.5. The number of aldehydes is 1. The lowest BCUT2D eigenvalue weighted by molar-refractivity contribution is -0.127. The fourth-order valence-electron chi connectivity index (χ4n) is 14.9. The Morgan fingerprint density at radius 1 is 0.366 bits per heavy atom. The quantitative estimate of drug-likeness (QED) is 0.0150. The van der Waals surface area contributed by atoms with Crippen LogP contribution in [0.15, 0.2) is 0 Å². The molecule has 678 valence electrons. The van der Waals surface area contributed by atoms with Gasteiger partial charge in [-0.1, -0.05) is 418 Å². The summed E-state index contributed by atoms with van der Waals surface area (Å²) in [4.78, 5) is 34.5. The number of halogens is 2. The molecule has 0 spiro atoms. The molecule has 0 amide bonds. The van der Waals surface area contributed by atoms with E-state index in [1.54, 1.807) is 0 Å². The first-order valence-corrected chi connectivity index (χ1v) is 51.5. The van der Waals surface area contributed by atoms with Crippen LogP contribution in [0.2, 0.25) is 0 Å². The van der Waals surface area contributed by atoms with Gasteiger partial charge >= 0.3 is 18.2 Å². The molecule has 0 aromatic heterocycles. The fourth-order valence-corrected chi connectivity index (χ4v) is 16.7. The lowest BCUT2D eigenvalue weighted by Gasteiger charge is -2.33. The highest BCUT2D eigenvalue weighted by molar-refractivity contribution is 7.51. The van der Waals surface area contributed by atoms with Crippen LogP contribution in [0.1, 0.15) is 503 Å². The molecule has 0 radical (unpaired) electrons. The van der Waals surface area contributed by atoms with Crippen LogP contribution in [-0.2, 0) is 28.0 Å². The highest BCUT2D eigenvalue weighted by Crippen LogP contribution is 2.49. The predicted octanol–water partition coefficient (Wildman–Crippen LogP) is 30.9. The molecule has 0 saturated carbocycles. The SMILES string of the molecule is CCCCCCCCC(C=O)CCCCCC.CCCCCCCCC(CCCCCC)C(C)O.CCCCCCCCC(CCCCCC)C(C)OP(=O)(NCCN(CC)CC)OC(C)C(CCCCCC)CCCCCCCC.CCCCCCCCC(CO)CCCCCC.CCN(CC)CCN.O=C(Cl)C(=O)Cl. The molecule has 0 aromatic rings. The summed E-state index contributed by atoms with van der Waals surface area (Å²) in [5.74, 6) is 2.32. The number of nitrogens with two attached hydrogens (primary N) is 1. The van der Waals surface area contributed by atoms with Gasteiger partial charge in [0.05, 0.1) is 18.3 Å². The molecule has 8 atom stereocenters. The molecule has 0 bridgehead atoms. The minimum atomic E-state index is -3.49. The number of nitrogens with zero attached hydrogens (tertiary/aromatic N) is 2. The third-order valence-electron chi connectivity index (χ3n) is 23.1. The zero-order chi connectivity index (χ0) is 85.0. The van der Waals surface area contributed by atoms with Gasteiger partial charge in [0, 0.05) is 38.7 Å². The Labute approximate surface area is 712 Å². The highest BCUT2D eigenvalue weighted by atomic mass is 35.5. The average molecular weight is 1660 g/mol. The van der Waals surface area contributed by atoms with E-state index in [-0.39, 0.29) is 18.3 Å². The van der Waals surface area contributed by atoms with Crippen molar-refractivity contribution < 1.29 is 38.2 Å². The van der Waals surface area contributed by atoms with Crippen LogP contribution >= 0.6 is 30.9 Å². The second-order valence-corrected chi connectivity index (χ2v) is 35.8. The molecule has 0 heterocycles. The average Bonchev–Trinajstić information content (AvgIpc) is 0.843. The molecular formula is C97H203Cl2N4O8P. The standard InChI is InChI=1S/C40H85N2O3P.C17H36O.C16H34O.C16H32O.C6H16N2.C2Cl2O2/c1-9-15-19-23-25-29-33-39(31-27-21-17-11-3)37(7)44-46(43,41-35-36-42(13-5)14-6)45-38(8)40(32-28-22-18-12-4)34-30-26-24-20-16-10-2;1-4-6-8-10-11-13-15-17(16(3)18)14-12-9-7-5-2;2*1-3-5-7-9-10-12-14-16(15-17)13-11-8-6-4-2;1-3-8(4-2)6-5-7;3-1(5)2(4)6/h37-40H,9-36H2,1-8H3,(H,41,43);16-18H,4-15H2,1-3H3;16-17H,3-15H2,1-2H3;15-16H,3-14H2,1-2H3;3-7H2,1-2H3;. The van der Waals surface area contributed by atoms with Crippen molar-refractivity contribution in [2.75, 3.05) is 59.0 Å². The molecule has 15 heteroatoms. The highest BCUT2D eigenvalue weighted by Gasteiger charge is 2.35. The van der Waals surface area contributed by atoms with Crippen molar-refractivity contribution in [3.8, 4) is 0 Å². The van der Waals surface area contributed by atoms with Gasteiger partial charge in [0.25, 0.3) is 0 Å². The van der Waals surface area contributed by atoms with Crippen LogP contribution < -0.4 is 10.8 Å². The summed E-state index contributed by atoms with van der Waals surface area (Å²) in [5.41, 5.74) is 5.34. The van der Waals surface area contributed by atoms with Crippen molar-refractivity contribution in [2.24, 2.45) is 35.3 Å². The minimum Gasteiger partial charge on any atom is -0.396 e. The number of rotatable bonds is 80. The number of carbonyl (C=O) groups is 3. The molecule has 0 aliphatic carbocycles. The maximum atomic E-state index is 14.7. The van der Waals surface area contributed by atoms with Gasteiger partial charge in [-0.05, 0) is 158 Å². The maximum Gasteiger partial charge on any atom is 0.406 e. The molecule has 112 heavy (non-hydrogen) atoms. The summed E-state index contributed by atoms with van der Waals surface area (Å²) >= 11 is 8.98. The molecule has 0 fully saturated rings. The van der Waals surface area contributed by atoms with Crippen LogP contribution in [0, 0.1) is 29.6 Å². The number of likely N-dealkylation sites (N-methyl/N-ethyl adjacent to an activating group) is 2. The first-order valence-electron chi connectivity index (χ1n) is 49.2. The van der Waals surface area contributed by atoms with Gasteiger partial charge < -0.3 is 30.5 Å². The number of unbranched alkanes of at least 4 members (excludes halogenated alkanes) is 40. The molecule has 0 aliphatic heterocycles. The molecule has 0 aromatic carbocycles. The van der Waals surface area contributed by atoms with E-state index in [1.165, 1.54) is 353 Å². The summed E-state index contributed by atoms with van der Waals surface area (Å²) in [6, 6.07) is 0. The largest absolute Gasteiger partial charge is 0.406 e. The predicted molar refractivity (Wildman–Crippen MR) is 499 cm³/mol. The smallest absolute Gasteiger partial charge is 0.396 e. The summed E-state index contributed by atoms with van der Waals surface area (Å²) in [6.07, 6.45) is 78.7. The first kappa shape index (κ1) is 122. The lowest BCUT2D eigenvalue weighted by atomic mass is 9.90. The van der Waals surface area contributed by atoms with Crippen LogP contribution in [-0.4, -0.2) is 114 Å². The van der Waals surface area contributed by atoms with E-state index < -0.39 is 18.2 Å². The van der Waals surface area contributed by atoms with E-state index in [4.69, 9.17) is 14.8 Å². The van der Waals surface area contributed by atoms with Gasteiger partial charge in [-0.3, -0.25) is 18.6 Å². The number of carbonyl (C=O) groups excluding carboxylic acids is 3. The normalized spacial score (nSPS) is 14.0. The second kappa shape index (κ2) is 101. The molecule has 5 N–H and O–H groups in total. The van der Waals surface area contributed by atoms with E-state index in [0.29, 0.717) is 42.7 Å². The van der Waals surface area contributed by atoms with Crippen molar-refractivity contribution in [1.29, 1.82) is 0 Å². The third-order valence-corrected chi connectivity index (χ3v) is 25.3. The van der Waals surface area contributed by atoms with Gasteiger partial charge in [0.15, 0.2) is 0 Å². The Bertz CT molecular complexity index is 1780. The van der Waals surface area contributed by atoms with E-state index in [2.05, 4.69) is 149 Å². The van der Waals surface area contributed by atoms with Crippen LogP contribution in [0.3, 0.4) is 0 Å². The molecule has 12 nitrogen and oxygen atoms in total. The Kier molecular flexibility index (Phi) is 110. The first-order chi connectivity index (χ1) is 54.2. The van der Waals surface area contributed by atoms with Crippen molar-refractivity contribution in [3.63, 3.8) is 0 Å².